The number of sulfonamides is 1. The summed E-state index contributed by atoms with van der Waals surface area (Å²) in [5.74, 6) is 1.06. The van der Waals surface area contributed by atoms with Crippen molar-refractivity contribution in [1.29, 1.82) is 0 Å². The summed E-state index contributed by atoms with van der Waals surface area (Å²) in [6, 6.07) is 17.8. The van der Waals surface area contributed by atoms with Crippen LogP contribution in [0.4, 0.5) is 0 Å². The Labute approximate surface area is 162 Å². The van der Waals surface area contributed by atoms with Crippen LogP contribution in [0.2, 0.25) is 0 Å². The van der Waals surface area contributed by atoms with Gasteiger partial charge in [0.2, 0.25) is 0 Å². The summed E-state index contributed by atoms with van der Waals surface area (Å²) in [7, 11) is -3.59. The van der Waals surface area contributed by atoms with E-state index in [4.69, 9.17) is 0 Å². The van der Waals surface area contributed by atoms with Gasteiger partial charge in [-0.05, 0) is 29.5 Å². The largest absolute Gasteiger partial charge is 0.267 e. The highest BCUT2D eigenvalue weighted by atomic mass is 32.2. The molecule has 0 amide bonds. The van der Waals surface area contributed by atoms with E-state index >= 15 is 0 Å². The predicted octanol–water partition coefficient (Wildman–Crippen LogP) is 4.68. The maximum absolute atomic E-state index is 12.7. The van der Waals surface area contributed by atoms with Crippen LogP contribution in [0.3, 0.4) is 0 Å². The molecule has 5 heteroatoms. The van der Waals surface area contributed by atoms with E-state index in [0.29, 0.717) is 34.3 Å². The van der Waals surface area contributed by atoms with Crippen LogP contribution in [-0.4, -0.2) is 20.8 Å². The summed E-state index contributed by atoms with van der Waals surface area (Å²) in [4.78, 5) is 4.89. The van der Waals surface area contributed by atoms with Crippen LogP contribution in [0.25, 0.3) is 4.91 Å². The molecule has 1 aliphatic rings. The number of aliphatic imine (C=N–C) groups is 1. The average Bonchev–Trinajstić information content (AvgIpc) is 2.88. The molecular weight excluding hydrogens is 356 g/mol. The molecule has 0 saturated carbocycles. The topological polar surface area (TPSA) is 58.5 Å². The Bertz CT molecular complexity index is 973. The zero-order chi connectivity index (χ0) is 19.6. The molecule has 1 atom stereocenters. The summed E-state index contributed by atoms with van der Waals surface area (Å²) in [6.07, 6.45) is 0. The fraction of sp³-hybridized carbons (Fsp3) is 0.318. The van der Waals surface area contributed by atoms with E-state index in [9.17, 15) is 8.42 Å². The Morgan fingerprint density at radius 3 is 2.15 bits per heavy atom. The number of amidine groups is 1. The second kappa shape index (κ2) is 7.69. The van der Waals surface area contributed by atoms with Crippen molar-refractivity contribution in [1.82, 2.24) is 4.72 Å². The molecule has 4 nitrogen and oxygen atoms in total. The Hall–Kier alpha value is -2.40. The average molecular weight is 383 g/mol. The second-order valence-electron chi connectivity index (χ2n) is 7.34. The van der Waals surface area contributed by atoms with E-state index in [1.54, 1.807) is 0 Å². The highest BCUT2D eigenvalue weighted by molar-refractivity contribution is 8.00. The molecule has 3 rings (SSSR count). The van der Waals surface area contributed by atoms with E-state index in [1.807, 2.05) is 49.4 Å². The smallest absolute Gasteiger partial charge is 0.264 e. The van der Waals surface area contributed by atoms with E-state index in [0.717, 1.165) is 0 Å². The monoisotopic (exact) mass is 382 g/mol. The van der Waals surface area contributed by atoms with Gasteiger partial charge in [-0.1, -0.05) is 75.4 Å². The molecule has 0 spiro atoms. The molecule has 2 aromatic rings. The lowest BCUT2D eigenvalue weighted by molar-refractivity contribution is 0.603. The van der Waals surface area contributed by atoms with Gasteiger partial charge < -0.3 is 0 Å². The third-order valence-electron chi connectivity index (χ3n) is 4.93. The summed E-state index contributed by atoms with van der Waals surface area (Å²) in [6.45, 7) is 8.67. The molecule has 1 heterocycles. The van der Waals surface area contributed by atoms with Crippen LogP contribution < -0.4 is 4.72 Å². The molecule has 1 N–H and O–H groups in total. The Kier molecular flexibility index (Phi) is 5.51. The molecule has 142 valence electrons. The fourth-order valence-corrected chi connectivity index (χ4v) is 4.74. The fourth-order valence-electron chi connectivity index (χ4n) is 3.22. The number of rotatable bonds is 5. The van der Waals surface area contributed by atoms with E-state index in [-0.39, 0.29) is 5.92 Å². The highest BCUT2D eigenvalue weighted by Gasteiger charge is 2.32. The summed E-state index contributed by atoms with van der Waals surface area (Å²) in [5.41, 5.74) is 3.75. The molecule has 2 aromatic carbocycles. The van der Waals surface area contributed by atoms with Crippen LogP contribution >= 0.6 is 0 Å². The maximum atomic E-state index is 12.7. The molecule has 0 aliphatic carbocycles. The van der Waals surface area contributed by atoms with E-state index in [1.165, 1.54) is 11.1 Å². The number of nitrogens with zero attached hydrogens (tertiary/aromatic N) is 1. The minimum Gasteiger partial charge on any atom is -0.267 e. The van der Waals surface area contributed by atoms with Crippen molar-refractivity contribution in [3.63, 3.8) is 0 Å². The van der Waals surface area contributed by atoms with Gasteiger partial charge in [-0.2, -0.15) is 0 Å². The molecular formula is C22H26N2O2S. The quantitative estimate of drug-likeness (QED) is 0.816. The van der Waals surface area contributed by atoms with Crippen LogP contribution in [0, 0.1) is 0 Å². The standard InChI is InChI=1S/C22H26N2O2S/c1-15(2)18-10-12-20(13-11-18)21-17(4)22(24-27(21,25)26)23-14-16(3)19-8-6-5-7-9-19/h5-13,15-16H,14H2,1-4H3,(H,23,24)/t16-/m1/s1. The molecule has 0 unspecified atom stereocenters. The number of benzene rings is 2. The second-order valence-corrected chi connectivity index (χ2v) is 8.96. The van der Waals surface area contributed by atoms with Gasteiger partial charge in [0.25, 0.3) is 10.0 Å². The third kappa shape index (κ3) is 4.14. The summed E-state index contributed by atoms with van der Waals surface area (Å²) < 4.78 is 28.0. The summed E-state index contributed by atoms with van der Waals surface area (Å²) >= 11 is 0. The van der Waals surface area contributed by atoms with Gasteiger partial charge in [0.15, 0.2) is 0 Å². The molecule has 0 fully saturated rings. The van der Waals surface area contributed by atoms with Gasteiger partial charge in [-0.25, -0.2) is 8.42 Å². The van der Waals surface area contributed by atoms with Crippen molar-refractivity contribution in [2.24, 2.45) is 4.99 Å². The van der Waals surface area contributed by atoms with Gasteiger partial charge >= 0.3 is 0 Å². The lowest BCUT2D eigenvalue weighted by Gasteiger charge is -2.09. The molecule has 0 radical (unpaired) electrons. The Morgan fingerprint density at radius 2 is 1.56 bits per heavy atom. The first-order chi connectivity index (χ1) is 12.8. The first kappa shape index (κ1) is 19.4. The van der Waals surface area contributed by atoms with Gasteiger partial charge in [0.05, 0.1) is 0 Å². The van der Waals surface area contributed by atoms with Crippen LogP contribution in [-0.2, 0) is 10.0 Å². The molecule has 27 heavy (non-hydrogen) atoms. The first-order valence-electron chi connectivity index (χ1n) is 9.23. The van der Waals surface area contributed by atoms with Gasteiger partial charge in [0, 0.05) is 18.0 Å². The lowest BCUT2D eigenvalue weighted by Crippen LogP contribution is -2.24. The zero-order valence-corrected chi connectivity index (χ0v) is 17.0. The molecule has 0 aromatic heterocycles. The Morgan fingerprint density at radius 1 is 0.926 bits per heavy atom. The van der Waals surface area contributed by atoms with E-state index < -0.39 is 10.0 Å². The lowest BCUT2D eigenvalue weighted by atomic mass is 10.0. The van der Waals surface area contributed by atoms with Gasteiger partial charge in [-0.15, -0.1) is 0 Å². The van der Waals surface area contributed by atoms with Crippen molar-refractivity contribution in [3.8, 4) is 0 Å². The molecule has 0 saturated heterocycles. The van der Waals surface area contributed by atoms with Crippen molar-refractivity contribution >= 4 is 20.8 Å². The highest BCUT2D eigenvalue weighted by Crippen LogP contribution is 2.31. The maximum Gasteiger partial charge on any atom is 0.264 e. The van der Waals surface area contributed by atoms with Crippen molar-refractivity contribution in [2.75, 3.05) is 6.54 Å². The van der Waals surface area contributed by atoms with Gasteiger partial charge in [-0.3, -0.25) is 9.71 Å². The van der Waals surface area contributed by atoms with Crippen LogP contribution in [0.1, 0.15) is 56.2 Å². The number of nitrogens with one attached hydrogen (secondary N) is 1. The number of hydrogen-bond acceptors (Lipinski definition) is 3. The Balaban J connectivity index is 1.88. The number of hydrogen-bond donors (Lipinski definition) is 1. The van der Waals surface area contributed by atoms with Gasteiger partial charge in [0.1, 0.15) is 10.7 Å². The third-order valence-corrected chi connectivity index (χ3v) is 6.47. The van der Waals surface area contributed by atoms with Crippen LogP contribution in [0.15, 0.2) is 65.2 Å². The van der Waals surface area contributed by atoms with Crippen LogP contribution in [0.5, 0.6) is 0 Å². The van der Waals surface area contributed by atoms with Crippen molar-refractivity contribution in [2.45, 2.75) is 39.5 Å². The SMILES string of the molecule is CC1=C(c2ccc(C(C)C)cc2)S(=O)(=O)NC1=NC[C@@H](C)c1ccccc1. The van der Waals surface area contributed by atoms with Crippen molar-refractivity contribution < 1.29 is 8.42 Å². The first-order valence-corrected chi connectivity index (χ1v) is 10.7. The minimum absolute atomic E-state index is 0.213. The minimum atomic E-state index is -3.59. The van der Waals surface area contributed by atoms with Crippen molar-refractivity contribution in [3.05, 3.63) is 76.9 Å². The molecule has 0 bridgehead atoms. The predicted molar refractivity (Wildman–Crippen MR) is 112 cm³/mol. The summed E-state index contributed by atoms with van der Waals surface area (Å²) in [5, 5.41) is 0. The zero-order valence-electron chi connectivity index (χ0n) is 16.2. The van der Waals surface area contributed by atoms with E-state index in [2.05, 4.69) is 42.6 Å². The molecule has 1 aliphatic heterocycles. The normalized spacial score (nSPS) is 18.8.